The Balaban J connectivity index is 1.92. The molecule has 1 aliphatic heterocycles. The second-order valence-electron chi connectivity index (χ2n) is 5.83. The van der Waals surface area contributed by atoms with Gasteiger partial charge in [-0.1, -0.05) is 13.3 Å². The maximum Gasteiger partial charge on any atom is 0.167 e. The average Bonchev–Trinajstić information content (AvgIpc) is 3.03. The summed E-state index contributed by atoms with van der Waals surface area (Å²) in [6, 6.07) is 2.69. The highest BCUT2D eigenvalue weighted by molar-refractivity contribution is 5.36. The van der Waals surface area contributed by atoms with Crippen LogP contribution in [0, 0.1) is 11.6 Å². The van der Waals surface area contributed by atoms with Crippen LogP contribution in [-0.4, -0.2) is 28.5 Å². The average molecular weight is 321 g/mol. The number of nitrogens with one attached hydrogen (secondary N) is 1. The Kier molecular flexibility index (Phi) is 4.61. The number of rotatable bonds is 5. The van der Waals surface area contributed by atoms with E-state index in [1.165, 1.54) is 13.2 Å². The molecule has 1 N–H and O–H groups in total. The highest BCUT2D eigenvalue weighted by Crippen LogP contribution is 2.34. The number of aromatic amines is 1. The SMILES string of the molecule is CCCC1c2nc[nH]c2CCN1Cc1c(OC)ccc(F)c1F. The van der Waals surface area contributed by atoms with Gasteiger partial charge in [-0.3, -0.25) is 4.90 Å². The molecule has 0 fully saturated rings. The molecule has 0 saturated heterocycles. The number of benzene rings is 1. The van der Waals surface area contributed by atoms with Gasteiger partial charge in [0.25, 0.3) is 0 Å². The summed E-state index contributed by atoms with van der Waals surface area (Å²) in [7, 11) is 1.47. The molecule has 6 heteroatoms. The van der Waals surface area contributed by atoms with Gasteiger partial charge in [-0.15, -0.1) is 0 Å². The summed E-state index contributed by atoms with van der Waals surface area (Å²) >= 11 is 0. The van der Waals surface area contributed by atoms with Crippen molar-refractivity contribution in [3.63, 3.8) is 0 Å². The first kappa shape index (κ1) is 15.9. The quantitative estimate of drug-likeness (QED) is 0.915. The Hall–Kier alpha value is -1.95. The van der Waals surface area contributed by atoms with Crippen molar-refractivity contribution in [1.82, 2.24) is 14.9 Å². The lowest BCUT2D eigenvalue weighted by Crippen LogP contribution is -2.35. The van der Waals surface area contributed by atoms with Crippen molar-refractivity contribution in [2.75, 3.05) is 13.7 Å². The van der Waals surface area contributed by atoms with Crippen molar-refractivity contribution in [3.05, 3.63) is 47.0 Å². The molecule has 1 atom stereocenters. The van der Waals surface area contributed by atoms with Crippen molar-refractivity contribution in [2.45, 2.75) is 38.8 Å². The van der Waals surface area contributed by atoms with Crippen LogP contribution in [0.4, 0.5) is 8.78 Å². The van der Waals surface area contributed by atoms with E-state index in [0.29, 0.717) is 12.3 Å². The maximum atomic E-state index is 14.2. The zero-order valence-electron chi connectivity index (χ0n) is 13.4. The summed E-state index contributed by atoms with van der Waals surface area (Å²) in [5.41, 5.74) is 2.44. The number of aromatic nitrogens is 2. The Morgan fingerprint density at radius 1 is 1.39 bits per heavy atom. The summed E-state index contributed by atoms with van der Waals surface area (Å²) in [4.78, 5) is 9.77. The first-order valence-electron chi connectivity index (χ1n) is 7.92. The molecular weight excluding hydrogens is 300 g/mol. The molecule has 0 amide bonds. The number of hydrogen-bond donors (Lipinski definition) is 1. The number of fused-ring (bicyclic) bond motifs is 1. The fourth-order valence-electron chi connectivity index (χ4n) is 3.30. The lowest BCUT2D eigenvalue weighted by atomic mass is 9.97. The molecule has 0 bridgehead atoms. The van der Waals surface area contributed by atoms with Crippen LogP contribution < -0.4 is 4.74 Å². The molecule has 0 saturated carbocycles. The van der Waals surface area contributed by atoms with Gasteiger partial charge in [0.05, 0.1) is 25.2 Å². The molecule has 124 valence electrons. The molecule has 0 spiro atoms. The predicted molar refractivity (Wildman–Crippen MR) is 83.3 cm³/mol. The Morgan fingerprint density at radius 2 is 2.22 bits per heavy atom. The van der Waals surface area contributed by atoms with Crippen LogP contribution in [0.15, 0.2) is 18.5 Å². The molecule has 2 aromatic rings. The predicted octanol–water partition coefficient (Wildman–Crippen LogP) is 3.60. The number of halogens is 2. The van der Waals surface area contributed by atoms with Crippen LogP contribution in [0.1, 0.15) is 42.8 Å². The molecule has 3 rings (SSSR count). The van der Waals surface area contributed by atoms with Gasteiger partial charge >= 0.3 is 0 Å². The Morgan fingerprint density at radius 3 is 2.96 bits per heavy atom. The number of hydrogen-bond acceptors (Lipinski definition) is 3. The largest absolute Gasteiger partial charge is 0.496 e. The first-order valence-corrected chi connectivity index (χ1v) is 7.92. The smallest absolute Gasteiger partial charge is 0.167 e. The van der Waals surface area contributed by atoms with Gasteiger partial charge in [0.15, 0.2) is 11.6 Å². The zero-order chi connectivity index (χ0) is 16.4. The van der Waals surface area contributed by atoms with Gasteiger partial charge in [0, 0.05) is 30.8 Å². The normalized spacial score (nSPS) is 18.0. The van der Waals surface area contributed by atoms with Crippen LogP contribution in [-0.2, 0) is 13.0 Å². The van der Waals surface area contributed by atoms with E-state index in [1.54, 1.807) is 6.33 Å². The summed E-state index contributed by atoms with van der Waals surface area (Å²) in [5, 5.41) is 0. The van der Waals surface area contributed by atoms with E-state index in [4.69, 9.17) is 4.74 Å². The lowest BCUT2D eigenvalue weighted by molar-refractivity contribution is 0.157. The van der Waals surface area contributed by atoms with E-state index in [-0.39, 0.29) is 11.6 Å². The van der Waals surface area contributed by atoms with Crippen molar-refractivity contribution < 1.29 is 13.5 Å². The van der Waals surface area contributed by atoms with E-state index in [2.05, 4.69) is 21.8 Å². The third-order valence-electron chi connectivity index (χ3n) is 4.45. The van der Waals surface area contributed by atoms with E-state index < -0.39 is 11.6 Å². The molecule has 1 unspecified atom stereocenters. The summed E-state index contributed by atoms with van der Waals surface area (Å²) in [6.07, 6.45) is 4.46. The van der Waals surface area contributed by atoms with E-state index in [0.717, 1.165) is 43.3 Å². The van der Waals surface area contributed by atoms with Gasteiger partial charge < -0.3 is 9.72 Å². The first-order chi connectivity index (χ1) is 11.2. The number of methoxy groups -OCH3 is 1. The highest BCUT2D eigenvalue weighted by Gasteiger charge is 2.30. The molecule has 0 aliphatic carbocycles. The van der Waals surface area contributed by atoms with Crippen LogP contribution in [0.25, 0.3) is 0 Å². The molecular formula is C17H21F2N3O. The minimum absolute atomic E-state index is 0.113. The number of nitrogens with zero attached hydrogens (tertiary/aromatic N) is 2. The number of ether oxygens (including phenoxy) is 1. The molecule has 1 aromatic carbocycles. The van der Waals surface area contributed by atoms with Crippen LogP contribution in [0.2, 0.25) is 0 Å². The minimum atomic E-state index is -0.842. The maximum absolute atomic E-state index is 14.2. The van der Waals surface area contributed by atoms with Gasteiger partial charge in [-0.25, -0.2) is 13.8 Å². The van der Waals surface area contributed by atoms with Gasteiger partial charge in [-0.05, 0) is 18.6 Å². The minimum Gasteiger partial charge on any atom is -0.496 e. The summed E-state index contributed by atoms with van der Waals surface area (Å²) in [6.45, 7) is 3.20. The fourth-order valence-corrected chi connectivity index (χ4v) is 3.30. The molecule has 1 aromatic heterocycles. The topological polar surface area (TPSA) is 41.2 Å². The van der Waals surface area contributed by atoms with Gasteiger partial charge in [0.1, 0.15) is 5.75 Å². The second kappa shape index (κ2) is 6.66. The van der Waals surface area contributed by atoms with E-state index >= 15 is 0 Å². The zero-order valence-corrected chi connectivity index (χ0v) is 13.4. The van der Waals surface area contributed by atoms with Crippen molar-refractivity contribution in [1.29, 1.82) is 0 Å². The molecule has 0 radical (unpaired) electrons. The van der Waals surface area contributed by atoms with Crippen LogP contribution >= 0.6 is 0 Å². The second-order valence-corrected chi connectivity index (χ2v) is 5.83. The fraction of sp³-hybridized carbons (Fsp3) is 0.471. The standard InChI is InChI=1S/C17H21F2N3O/c1-3-4-14-17-13(20-10-21-17)7-8-22(14)9-11-15(23-2)6-5-12(18)16(11)19/h5-6,10,14H,3-4,7-9H2,1-2H3,(H,20,21). The Bertz CT molecular complexity index is 686. The molecule has 2 heterocycles. The monoisotopic (exact) mass is 321 g/mol. The van der Waals surface area contributed by atoms with Gasteiger partial charge in [-0.2, -0.15) is 0 Å². The molecule has 23 heavy (non-hydrogen) atoms. The number of H-pyrrole nitrogens is 1. The van der Waals surface area contributed by atoms with E-state index in [9.17, 15) is 8.78 Å². The third-order valence-corrected chi connectivity index (χ3v) is 4.45. The molecule has 4 nitrogen and oxygen atoms in total. The third kappa shape index (κ3) is 2.95. The van der Waals surface area contributed by atoms with E-state index in [1.807, 2.05) is 0 Å². The lowest BCUT2D eigenvalue weighted by Gasteiger charge is -2.35. The van der Waals surface area contributed by atoms with Crippen molar-refractivity contribution in [2.24, 2.45) is 0 Å². The highest BCUT2D eigenvalue weighted by atomic mass is 19.2. The Labute approximate surface area is 134 Å². The van der Waals surface area contributed by atoms with Crippen molar-refractivity contribution in [3.8, 4) is 5.75 Å². The van der Waals surface area contributed by atoms with Gasteiger partial charge in [0.2, 0.25) is 0 Å². The van der Waals surface area contributed by atoms with Crippen molar-refractivity contribution >= 4 is 0 Å². The summed E-state index contributed by atoms with van der Waals surface area (Å²) < 4.78 is 33.1. The molecule has 1 aliphatic rings. The van der Waals surface area contributed by atoms with Crippen LogP contribution in [0.5, 0.6) is 5.75 Å². The number of imidazole rings is 1. The summed E-state index contributed by atoms with van der Waals surface area (Å²) in [5.74, 6) is -1.29. The van der Waals surface area contributed by atoms with Crippen LogP contribution in [0.3, 0.4) is 0 Å².